The zero-order chi connectivity index (χ0) is 19.8. The van der Waals surface area contributed by atoms with Gasteiger partial charge < -0.3 is 10.6 Å². The zero-order valence-electron chi connectivity index (χ0n) is 17.8. The van der Waals surface area contributed by atoms with Crippen molar-refractivity contribution in [1.29, 1.82) is 0 Å². The zero-order valence-corrected chi connectivity index (χ0v) is 20.1. The van der Waals surface area contributed by atoms with Crippen LogP contribution in [0.5, 0.6) is 0 Å². The van der Waals surface area contributed by atoms with Gasteiger partial charge in [0, 0.05) is 26.7 Å². The third kappa shape index (κ3) is 7.58. The number of rotatable bonds is 7. The molecular formula is C21H34IN7. The van der Waals surface area contributed by atoms with Gasteiger partial charge >= 0.3 is 0 Å². The second kappa shape index (κ2) is 12.1. The van der Waals surface area contributed by atoms with Crippen molar-refractivity contribution in [2.45, 2.75) is 39.8 Å². The van der Waals surface area contributed by atoms with Crippen LogP contribution in [0.1, 0.15) is 36.7 Å². The Hall–Kier alpha value is -1.68. The van der Waals surface area contributed by atoms with Gasteiger partial charge in [-0.1, -0.05) is 29.8 Å². The first-order chi connectivity index (χ1) is 13.6. The number of benzene rings is 1. The molecular weight excluding hydrogens is 477 g/mol. The molecule has 29 heavy (non-hydrogen) atoms. The van der Waals surface area contributed by atoms with Crippen molar-refractivity contribution in [2.75, 3.05) is 26.2 Å². The lowest BCUT2D eigenvalue weighted by Crippen LogP contribution is -2.42. The number of hydrogen-bond donors (Lipinski definition) is 2. The van der Waals surface area contributed by atoms with E-state index in [-0.39, 0.29) is 24.0 Å². The topological polar surface area (TPSA) is 70.4 Å². The SMILES string of the molecule is CCNC(=NCc1ncnn1C)NCC1CCN(Cc2ccc(C)cc2)CC1.I. The molecule has 0 radical (unpaired) electrons. The van der Waals surface area contributed by atoms with E-state index in [1.165, 1.54) is 24.0 Å². The molecule has 2 aromatic rings. The van der Waals surface area contributed by atoms with Gasteiger partial charge in [-0.15, -0.1) is 24.0 Å². The average molecular weight is 511 g/mol. The minimum Gasteiger partial charge on any atom is -0.357 e. The molecule has 0 unspecified atom stereocenters. The Morgan fingerprint density at radius 2 is 1.90 bits per heavy atom. The van der Waals surface area contributed by atoms with Gasteiger partial charge in [0.25, 0.3) is 0 Å². The van der Waals surface area contributed by atoms with E-state index < -0.39 is 0 Å². The first kappa shape index (κ1) is 23.6. The molecule has 7 nitrogen and oxygen atoms in total. The summed E-state index contributed by atoms with van der Waals surface area (Å²) in [4.78, 5) is 11.4. The van der Waals surface area contributed by atoms with E-state index in [2.05, 4.69) is 68.7 Å². The molecule has 0 aliphatic carbocycles. The molecule has 2 N–H and O–H groups in total. The van der Waals surface area contributed by atoms with Crippen LogP contribution in [-0.4, -0.2) is 51.8 Å². The van der Waals surface area contributed by atoms with Gasteiger partial charge in [-0.25, -0.2) is 9.98 Å². The van der Waals surface area contributed by atoms with Crippen LogP contribution >= 0.6 is 24.0 Å². The van der Waals surface area contributed by atoms with Crippen LogP contribution in [0.15, 0.2) is 35.6 Å². The van der Waals surface area contributed by atoms with E-state index in [1.807, 2.05) is 7.05 Å². The number of aryl methyl sites for hydroxylation is 2. The summed E-state index contributed by atoms with van der Waals surface area (Å²) in [6, 6.07) is 8.90. The Labute approximate surface area is 191 Å². The van der Waals surface area contributed by atoms with E-state index in [9.17, 15) is 0 Å². The fourth-order valence-electron chi connectivity index (χ4n) is 3.50. The summed E-state index contributed by atoms with van der Waals surface area (Å²) in [7, 11) is 1.89. The smallest absolute Gasteiger partial charge is 0.191 e. The molecule has 0 atom stereocenters. The molecule has 0 spiro atoms. The molecule has 160 valence electrons. The number of aromatic nitrogens is 3. The van der Waals surface area contributed by atoms with Crippen LogP contribution in [0.2, 0.25) is 0 Å². The molecule has 1 aliphatic rings. The Balaban J connectivity index is 0.00000300. The quantitative estimate of drug-likeness (QED) is 0.340. The van der Waals surface area contributed by atoms with E-state index >= 15 is 0 Å². The van der Waals surface area contributed by atoms with Gasteiger partial charge in [-0.3, -0.25) is 9.58 Å². The van der Waals surface area contributed by atoms with Gasteiger partial charge in [0.15, 0.2) is 5.96 Å². The molecule has 0 bridgehead atoms. The lowest BCUT2D eigenvalue weighted by atomic mass is 9.96. The monoisotopic (exact) mass is 511 g/mol. The maximum atomic E-state index is 4.64. The van der Waals surface area contributed by atoms with Gasteiger partial charge in [-0.2, -0.15) is 5.10 Å². The molecule has 0 saturated carbocycles. The molecule has 0 amide bonds. The fraction of sp³-hybridized carbons (Fsp3) is 0.571. The van der Waals surface area contributed by atoms with Crippen LogP contribution in [0.3, 0.4) is 0 Å². The summed E-state index contributed by atoms with van der Waals surface area (Å²) < 4.78 is 1.76. The Bertz CT molecular complexity index is 749. The first-order valence-electron chi connectivity index (χ1n) is 10.3. The number of nitrogens with zero attached hydrogens (tertiary/aromatic N) is 5. The average Bonchev–Trinajstić information content (AvgIpc) is 3.12. The highest BCUT2D eigenvalue weighted by atomic mass is 127. The van der Waals surface area contributed by atoms with E-state index in [4.69, 9.17) is 0 Å². The summed E-state index contributed by atoms with van der Waals surface area (Å²) in [6.45, 7) is 9.94. The van der Waals surface area contributed by atoms with Gasteiger partial charge in [0.1, 0.15) is 18.7 Å². The highest BCUT2D eigenvalue weighted by Crippen LogP contribution is 2.18. The third-order valence-corrected chi connectivity index (χ3v) is 5.32. The van der Waals surface area contributed by atoms with Crippen LogP contribution in [0.4, 0.5) is 0 Å². The van der Waals surface area contributed by atoms with Crippen molar-refractivity contribution in [2.24, 2.45) is 18.0 Å². The van der Waals surface area contributed by atoms with Crippen molar-refractivity contribution < 1.29 is 0 Å². The van der Waals surface area contributed by atoms with E-state index in [0.29, 0.717) is 12.5 Å². The predicted molar refractivity (Wildman–Crippen MR) is 128 cm³/mol. The van der Waals surface area contributed by atoms with Gasteiger partial charge in [0.2, 0.25) is 0 Å². The summed E-state index contributed by atoms with van der Waals surface area (Å²) in [6.07, 6.45) is 4.01. The normalized spacial score (nSPS) is 15.8. The first-order valence-corrected chi connectivity index (χ1v) is 10.3. The van der Waals surface area contributed by atoms with Crippen LogP contribution < -0.4 is 10.6 Å². The molecule has 1 fully saturated rings. The van der Waals surface area contributed by atoms with Crippen molar-refractivity contribution in [3.8, 4) is 0 Å². The summed E-state index contributed by atoms with van der Waals surface area (Å²) in [5.74, 6) is 2.40. The van der Waals surface area contributed by atoms with Crippen molar-refractivity contribution in [3.63, 3.8) is 0 Å². The van der Waals surface area contributed by atoms with Crippen LogP contribution in [-0.2, 0) is 20.1 Å². The molecule has 3 rings (SSSR count). The predicted octanol–water partition coefficient (Wildman–Crippen LogP) is 2.71. The Morgan fingerprint density at radius 1 is 1.17 bits per heavy atom. The van der Waals surface area contributed by atoms with Crippen molar-refractivity contribution in [1.82, 2.24) is 30.3 Å². The number of guanidine groups is 1. The Morgan fingerprint density at radius 3 is 2.52 bits per heavy atom. The summed E-state index contributed by atoms with van der Waals surface area (Å²) in [5.41, 5.74) is 2.73. The lowest BCUT2D eigenvalue weighted by molar-refractivity contribution is 0.178. The molecule has 1 aromatic heterocycles. The Kier molecular flexibility index (Phi) is 9.86. The largest absolute Gasteiger partial charge is 0.357 e. The summed E-state index contributed by atoms with van der Waals surface area (Å²) in [5, 5.41) is 10.9. The van der Waals surface area contributed by atoms with Gasteiger partial charge in [-0.05, 0) is 51.3 Å². The number of hydrogen-bond acceptors (Lipinski definition) is 4. The van der Waals surface area contributed by atoms with Crippen molar-refractivity contribution in [3.05, 3.63) is 47.5 Å². The number of likely N-dealkylation sites (tertiary alicyclic amines) is 1. The van der Waals surface area contributed by atoms with E-state index in [1.54, 1.807) is 11.0 Å². The highest BCUT2D eigenvalue weighted by Gasteiger charge is 2.19. The molecule has 1 aliphatic heterocycles. The maximum absolute atomic E-state index is 4.64. The molecule has 8 heteroatoms. The van der Waals surface area contributed by atoms with Gasteiger partial charge in [0.05, 0.1) is 0 Å². The number of halogens is 1. The van der Waals surface area contributed by atoms with Crippen molar-refractivity contribution >= 4 is 29.9 Å². The second-order valence-electron chi connectivity index (χ2n) is 7.58. The van der Waals surface area contributed by atoms with Crippen LogP contribution in [0, 0.1) is 12.8 Å². The van der Waals surface area contributed by atoms with E-state index in [0.717, 1.165) is 44.5 Å². The highest BCUT2D eigenvalue weighted by molar-refractivity contribution is 14.0. The molecule has 2 heterocycles. The maximum Gasteiger partial charge on any atom is 0.191 e. The minimum absolute atomic E-state index is 0. The number of piperidine rings is 1. The standard InChI is InChI=1S/C21H33N7.HI/c1-4-22-21(24-14-20-25-16-26-27(20)3)23-13-18-9-11-28(12-10-18)15-19-7-5-17(2)6-8-19;/h5-8,16,18H,4,9-15H2,1-3H3,(H2,22,23,24);1H. The number of nitrogens with one attached hydrogen (secondary N) is 2. The molecule has 1 aromatic carbocycles. The number of aliphatic imine (C=N–C) groups is 1. The van der Waals surface area contributed by atoms with Crippen LogP contribution in [0.25, 0.3) is 0 Å². The second-order valence-corrected chi connectivity index (χ2v) is 7.58. The minimum atomic E-state index is 0. The summed E-state index contributed by atoms with van der Waals surface area (Å²) >= 11 is 0. The third-order valence-electron chi connectivity index (χ3n) is 5.32. The molecule has 1 saturated heterocycles. The lowest BCUT2D eigenvalue weighted by Gasteiger charge is -2.32. The fourth-order valence-corrected chi connectivity index (χ4v) is 3.50.